The van der Waals surface area contributed by atoms with Crippen molar-refractivity contribution < 1.29 is 17.9 Å². The summed E-state index contributed by atoms with van der Waals surface area (Å²) < 4.78 is 33.5. The summed E-state index contributed by atoms with van der Waals surface area (Å²) in [6.45, 7) is 4.90. The highest BCUT2D eigenvalue weighted by Gasteiger charge is 2.10. The summed E-state index contributed by atoms with van der Waals surface area (Å²) in [5.41, 5.74) is 0. The normalized spacial score (nSPS) is 17.3. The Bertz CT molecular complexity index is 492. The van der Waals surface area contributed by atoms with E-state index in [0.29, 0.717) is 17.3 Å². The number of sulfone groups is 1. The van der Waals surface area contributed by atoms with Crippen LogP contribution in [0.25, 0.3) is 0 Å². The summed E-state index contributed by atoms with van der Waals surface area (Å²) >= 11 is 0. The van der Waals surface area contributed by atoms with Crippen LogP contribution >= 0.6 is 0 Å². The molecular formula is C13H19NO4S. The lowest BCUT2D eigenvalue weighted by atomic mass is 10.3. The van der Waals surface area contributed by atoms with E-state index in [4.69, 9.17) is 9.47 Å². The largest absolute Gasteiger partial charge is 0.492 e. The number of ether oxygens (including phenoxy) is 2. The van der Waals surface area contributed by atoms with Gasteiger partial charge < -0.3 is 9.47 Å². The lowest BCUT2D eigenvalue weighted by Gasteiger charge is -2.26. The average molecular weight is 285 g/mol. The van der Waals surface area contributed by atoms with Crippen molar-refractivity contribution in [3.8, 4) is 5.75 Å². The van der Waals surface area contributed by atoms with E-state index in [1.54, 1.807) is 24.3 Å². The molecule has 5 nitrogen and oxygen atoms in total. The zero-order chi connectivity index (χ0) is 13.7. The van der Waals surface area contributed by atoms with Gasteiger partial charge in [-0.15, -0.1) is 0 Å². The van der Waals surface area contributed by atoms with Gasteiger partial charge in [-0.1, -0.05) is 0 Å². The van der Waals surface area contributed by atoms with Crippen LogP contribution in [0.3, 0.4) is 0 Å². The van der Waals surface area contributed by atoms with E-state index in [0.717, 1.165) is 32.8 Å². The van der Waals surface area contributed by atoms with E-state index < -0.39 is 9.84 Å². The Kier molecular flexibility index (Phi) is 4.79. The number of benzene rings is 1. The predicted octanol–water partition coefficient (Wildman–Crippen LogP) is 0.801. The van der Waals surface area contributed by atoms with Crippen molar-refractivity contribution in [1.29, 1.82) is 0 Å². The molecule has 0 atom stereocenters. The van der Waals surface area contributed by atoms with Crippen LogP contribution in [0, 0.1) is 0 Å². The van der Waals surface area contributed by atoms with Gasteiger partial charge in [0.1, 0.15) is 12.4 Å². The molecule has 0 bridgehead atoms. The van der Waals surface area contributed by atoms with Gasteiger partial charge in [0.2, 0.25) is 0 Å². The van der Waals surface area contributed by atoms with Crippen molar-refractivity contribution >= 4 is 9.84 Å². The van der Waals surface area contributed by atoms with E-state index in [1.807, 2.05) is 0 Å². The zero-order valence-electron chi connectivity index (χ0n) is 11.0. The van der Waals surface area contributed by atoms with Crippen LogP contribution in [-0.4, -0.2) is 59.0 Å². The fourth-order valence-electron chi connectivity index (χ4n) is 1.90. The second kappa shape index (κ2) is 6.36. The highest BCUT2D eigenvalue weighted by atomic mass is 32.2. The molecule has 0 saturated carbocycles. The van der Waals surface area contributed by atoms with Gasteiger partial charge in [0.25, 0.3) is 0 Å². The zero-order valence-corrected chi connectivity index (χ0v) is 11.9. The Hall–Kier alpha value is -1.11. The molecule has 19 heavy (non-hydrogen) atoms. The van der Waals surface area contributed by atoms with E-state index in [2.05, 4.69) is 4.90 Å². The first-order valence-electron chi connectivity index (χ1n) is 6.29. The van der Waals surface area contributed by atoms with Crippen molar-refractivity contribution in [2.45, 2.75) is 4.90 Å². The highest BCUT2D eigenvalue weighted by molar-refractivity contribution is 7.90. The molecule has 0 aliphatic carbocycles. The van der Waals surface area contributed by atoms with Crippen molar-refractivity contribution in [3.63, 3.8) is 0 Å². The van der Waals surface area contributed by atoms with E-state index >= 15 is 0 Å². The van der Waals surface area contributed by atoms with Crippen molar-refractivity contribution in [1.82, 2.24) is 4.90 Å². The summed E-state index contributed by atoms with van der Waals surface area (Å²) in [5.74, 6) is 0.695. The second-order valence-electron chi connectivity index (χ2n) is 4.55. The summed E-state index contributed by atoms with van der Waals surface area (Å²) in [7, 11) is -3.13. The molecule has 0 radical (unpaired) electrons. The first kappa shape index (κ1) is 14.3. The minimum Gasteiger partial charge on any atom is -0.492 e. The maximum absolute atomic E-state index is 11.3. The van der Waals surface area contributed by atoms with E-state index in [-0.39, 0.29) is 0 Å². The van der Waals surface area contributed by atoms with Gasteiger partial charge in [0.05, 0.1) is 18.1 Å². The molecule has 1 saturated heterocycles. The summed E-state index contributed by atoms with van der Waals surface area (Å²) in [4.78, 5) is 2.60. The maximum Gasteiger partial charge on any atom is 0.175 e. The monoisotopic (exact) mass is 285 g/mol. The van der Waals surface area contributed by atoms with Crippen LogP contribution in [0.15, 0.2) is 29.2 Å². The molecule has 0 unspecified atom stereocenters. The van der Waals surface area contributed by atoms with Gasteiger partial charge in [-0.3, -0.25) is 4.90 Å². The highest BCUT2D eigenvalue weighted by Crippen LogP contribution is 2.15. The van der Waals surface area contributed by atoms with Crippen molar-refractivity contribution in [2.24, 2.45) is 0 Å². The SMILES string of the molecule is CS(=O)(=O)c1ccc(OCCN2CCOCC2)cc1. The first-order valence-corrected chi connectivity index (χ1v) is 8.18. The molecule has 1 aromatic carbocycles. The Morgan fingerprint density at radius 3 is 2.42 bits per heavy atom. The Labute approximate surface area is 114 Å². The molecule has 0 aromatic heterocycles. The van der Waals surface area contributed by atoms with Crippen molar-refractivity contribution in [2.75, 3.05) is 45.7 Å². The van der Waals surface area contributed by atoms with E-state index in [1.165, 1.54) is 6.26 Å². The van der Waals surface area contributed by atoms with Gasteiger partial charge in [-0.25, -0.2) is 8.42 Å². The number of hydrogen-bond acceptors (Lipinski definition) is 5. The molecule has 1 fully saturated rings. The molecule has 2 rings (SSSR count). The summed E-state index contributed by atoms with van der Waals surface area (Å²) in [5, 5.41) is 0. The maximum atomic E-state index is 11.3. The number of morpholine rings is 1. The van der Waals surface area contributed by atoms with Crippen LogP contribution in [-0.2, 0) is 14.6 Å². The first-order chi connectivity index (χ1) is 9.05. The predicted molar refractivity (Wildman–Crippen MR) is 72.3 cm³/mol. The molecule has 1 aromatic rings. The molecule has 1 aliphatic rings. The molecular weight excluding hydrogens is 266 g/mol. The number of hydrogen-bond donors (Lipinski definition) is 0. The van der Waals surface area contributed by atoms with Crippen LogP contribution in [0.1, 0.15) is 0 Å². The average Bonchev–Trinajstić information content (AvgIpc) is 2.39. The Morgan fingerprint density at radius 1 is 1.21 bits per heavy atom. The minimum absolute atomic E-state index is 0.313. The van der Waals surface area contributed by atoms with Gasteiger partial charge in [0.15, 0.2) is 9.84 Å². The molecule has 106 valence electrons. The molecule has 6 heteroatoms. The van der Waals surface area contributed by atoms with Gasteiger partial charge in [0, 0.05) is 25.9 Å². The van der Waals surface area contributed by atoms with Crippen molar-refractivity contribution in [3.05, 3.63) is 24.3 Å². The third kappa shape index (κ3) is 4.49. The molecule has 0 spiro atoms. The lowest BCUT2D eigenvalue weighted by Crippen LogP contribution is -2.38. The third-order valence-corrected chi connectivity index (χ3v) is 4.16. The van der Waals surface area contributed by atoms with Crippen LogP contribution < -0.4 is 4.74 Å². The van der Waals surface area contributed by atoms with Crippen LogP contribution in [0.2, 0.25) is 0 Å². The fraction of sp³-hybridized carbons (Fsp3) is 0.538. The molecule has 0 amide bonds. The number of nitrogens with zero attached hydrogens (tertiary/aromatic N) is 1. The second-order valence-corrected chi connectivity index (χ2v) is 6.56. The fourth-order valence-corrected chi connectivity index (χ4v) is 2.53. The molecule has 1 aliphatic heterocycles. The lowest BCUT2D eigenvalue weighted by molar-refractivity contribution is 0.0322. The topological polar surface area (TPSA) is 55.8 Å². The number of rotatable bonds is 5. The molecule has 0 N–H and O–H groups in total. The summed E-state index contributed by atoms with van der Waals surface area (Å²) in [6.07, 6.45) is 1.20. The van der Waals surface area contributed by atoms with Gasteiger partial charge in [-0.2, -0.15) is 0 Å². The van der Waals surface area contributed by atoms with Gasteiger partial charge >= 0.3 is 0 Å². The third-order valence-electron chi connectivity index (χ3n) is 3.03. The quantitative estimate of drug-likeness (QED) is 0.801. The van der Waals surface area contributed by atoms with Gasteiger partial charge in [-0.05, 0) is 24.3 Å². The van der Waals surface area contributed by atoms with Crippen LogP contribution in [0.4, 0.5) is 0 Å². The minimum atomic E-state index is -3.13. The Morgan fingerprint density at radius 2 is 1.84 bits per heavy atom. The molecule has 1 heterocycles. The summed E-state index contributed by atoms with van der Waals surface area (Å²) in [6, 6.07) is 6.52. The van der Waals surface area contributed by atoms with E-state index in [9.17, 15) is 8.42 Å². The Balaban J connectivity index is 1.80. The van der Waals surface area contributed by atoms with Crippen LogP contribution in [0.5, 0.6) is 5.75 Å². The smallest absolute Gasteiger partial charge is 0.175 e. The standard InChI is InChI=1S/C13H19NO4S/c1-19(15,16)13-4-2-12(3-5-13)18-11-8-14-6-9-17-10-7-14/h2-5H,6-11H2,1H3.